The Morgan fingerprint density at radius 1 is 0.677 bits per heavy atom. The van der Waals surface area contributed by atoms with Gasteiger partial charge in [0.2, 0.25) is 0 Å². The van der Waals surface area contributed by atoms with Gasteiger partial charge < -0.3 is 0 Å². The molecule has 0 fully saturated rings. The molecule has 0 heterocycles. The molecule has 159 valence electrons. The van der Waals surface area contributed by atoms with Crippen LogP contribution in [0.15, 0.2) is 107 Å². The second kappa shape index (κ2) is 11.5. The van der Waals surface area contributed by atoms with Crippen LogP contribution >= 0.6 is 17.0 Å². The number of benzene rings is 2. The van der Waals surface area contributed by atoms with Crippen molar-refractivity contribution in [1.82, 2.24) is 0 Å². The van der Waals surface area contributed by atoms with Crippen LogP contribution in [0.5, 0.6) is 0 Å². The Bertz CT molecular complexity index is 900. The summed E-state index contributed by atoms with van der Waals surface area (Å²) >= 11 is 2.44. The zero-order chi connectivity index (χ0) is 20.9. The van der Waals surface area contributed by atoms with Gasteiger partial charge in [-0.2, -0.15) is 0 Å². The summed E-state index contributed by atoms with van der Waals surface area (Å²) in [6.45, 7) is 4.72. The average molecular weight is 508 g/mol. The number of hydrogen-bond donors (Lipinski definition) is 0. The fraction of sp³-hybridized carbons (Fsp3) is 0.310. The van der Waals surface area contributed by atoms with Gasteiger partial charge in [0, 0.05) is 0 Å². The van der Waals surface area contributed by atoms with E-state index in [4.69, 9.17) is 0 Å². The van der Waals surface area contributed by atoms with E-state index in [2.05, 4.69) is 119 Å². The molecule has 2 unspecified atom stereocenters. The van der Waals surface area contributed by atoms with E-state index < -0.39 is 0 Å². The second-order valence-electron chi connectivity index (χ2n) is 8.78. The minimum absolute atomic E-state index is 0. The molecule has 0 bridgehead atoms. The van der Waals surface area contributed by atoms with Crippen molar-refractivity contribution in [2.45, 2.75) is 55.6 Å². The van der Waals surface area contributed by atoms with Gasteiger partial charge in [0.15, 0.2) is 0 Å². The van der Waals surface area contributed by atoms with Crippen molar-refractivity contribution in [1.29, 1.82) is 0 Å². The van der Waals surface area contributed by atoms with Crippen molar-refractivity contribution < 1.29 is 20.4 Å². The average Bonchev–Trinajstić information content (AvgIpc) is 3.44. The van der Waals surface area contributed by atoms with E-state index in [0.29, 0.717) is 16.1 Å². The molecular formula is C29H32BrTi. The van der Waals surface area contributed by atoms with Crippen LogP contribution < -0.4 is 0 Å². The Kier molecular flexibility index (Phi) is 8.96. The molecule has 0 amide bonds. The van der Waals surface area contributed by atoms with E-state index in [9.17, 15) is 0 Å². The number of allylic oxidation sites excluding steroid dienone is 8. The molecule has 2 atom stereocenters. The zero-order valence-electron chi connectivity index (χ0n) is 18.6. The van der Waals surface area contributed by atoms with Crippen LogP contribution in [0.4, 0.5) is 0 Å². The van der Waals surface area contributed by atoms with Gasteiger partial charge in [0.1, 0.15) is 0 Å². The molecule has 2 aliphatic rings. The van der Waals surface area contributed by atoms with Crippen molar-refractivity contribution in [3.8, 4) is 0 Å². The zero-order valence-corrected chi connectivity index (χ0v) is 21.8. The summed E-state index contributed by atoms with van der Waals surface area (Å²) in [5.74, 6) is 1.11. The Balaban J connectivity index is 0.00000272. The summed E-state index contributed by atoms with van der Waals surface area (Å²) in [6, 6.07) is 21.9. The fourth-order valence-electron chi connectivity index (χ4n) is 4.81. The van der Waals surface area contributed by atoms with E-state index >= 15 is 0 Å². The molecule has 2 heteroatoms. The fourth-order valence-corrected chi connectivity index (χ4v) is 5.75. The normalized spacial score (nSPS) is 18.2. The molecule has 0 spiro atoms. The van der Waals surface area contributed by atoms with E-state index in [1.165, 1.54) is 11.1 Å². The molecule has 0 saturated carbocycles. The first kappa shape index (κ1) is 24.2. The van der Waals surface area contributed by atoms with Gasteiger partial charge in [-0.3, -0.25) is 0 Å². The molecule has 31 heavy (non-hydrogen) atoms. The van der Waals surface area contributed by atoms with Gasteiger partial charge in [-0.1, -0.05) is 0 Å². The van der Waals surface area contributed by atoms with Crippen LogP contribution in [0.25, 0.3) is 0 Å². The SMILES string of the molecule is Br.CC(CC1=C([CH]([Ti])C2=C(CC(C)c3ccccc3)C=CC2)CC=C1)c1ccccc1. The summed E-state index contributed by atoms with van der Waals surface area (Å²) < 4.78 is 0.533. The van der Waals surface area contributed by atoms with Gasteiger partial charge in [-0.05, 0) is 0 Å². The standard InChI is InChI=1S/C29H31.BrH.Ti/c1-22(24-11-5-3-6-12-24)19-26-15-9-17-28(26)21-29-18-10-16-27(29)20-23(2)25-13-7-4-8-14-25;;/h3-16,21-23H,17-20H2,1-2H3;1H;. The molecule has 0 radical (unpaired) electrons. The van der Waals surface area contributed by atoms with Crippen LogP contribution in [-0.4, -0.2) is 0 Å². The third-order valence-electron chi connectivity index (χ3n) is 6.62. The van der Waals surface area contributed by atoms with Crippen LogP contribution in [0, 0.1) is 0 Å². The molecule has 2 aromatic rings. The summed E-state index contributed by atoms with van der Waals surface area (Å²) in [5, 5.41) is 0. The van der Waals surface area contributed by atoms with E-state index in [-0.39, 0.29) is 17.0 Å². The van der Waals surface area contributed by atoms with Crippen molar-refractivity contribution >= 4 is 17.0 Å². The van der Waals surface area contributed by atoms with Gasteiger partial charge in [-0.15, -0.1) is 17.0 Å². The second-order valence-corrected chi connectivity index (χ2v) is 9.68. The van der Waals surface area contributed by atoms with Crippen molar-refractivity contribution in [2.24, 2.45) is 0 Å². The van der Waals surface area contributed by atoms with Crippen molar-refractivity contribution in [3.63, 3.8) is 0 Å². The molecule has 0 N–H and O–H groups in total. The van der Waals surface area contributed by atoms with E-state index in [0.717, 1.165) is 25.7 Å². The summed E-state index contributed by atoms with van der Waals surface area (Å²) in [6.07, 6.45) is 14.0. The Labute approximate surface area is 210 Å². The molecule has 4 rings (SSSR count). The quantitative estimate of drug-likeness (QED) is 0.313. The van der Waals surface area contributed by atoms with Crippen LogP contribution in [0.1, 0.15) is 62.5 Å². The van der Waals surface area contributed by atoms with E-state index in [1.54, 1.807) is 22.3 Å². The van der Waals surface area contributed by atoms with Gasteiger partial charge >= 0.3 is 194 Å². The minimum atomic E-state index is 0. The Morgan fingerprint density at radius 3 is 1.45 bits per heavy atom. The molecule has 0 aliphatic heterocycles. The van der Waals surface area contributed by atoms with Gasteiger partial charge in [-0.25, -0.2) is 0 Å². The molecule has 0 saturated heterocycles. The molecule has 2 aromatic carbocycles. The van der Waals surface area contributed by atoms with E-state index in [1.807, 2.05) is 0 Å². The maximum atomic E-state index is 2.44. The van der Waals surface area contributed by atoms with Crippen LogP contribution in [0.2, 0.25) is 4.22 Å². The van der Waals surface area contributed by atoms with Gasteiger partial charge in [0.25, 0.3) is 0 Å². The molecular weight excluding hydrogens is 476 g/mol. The summed E-state index contributed by atoms with van der Waals surface area (Å²) in [4.78, 5) is 0. The van der Waals surface area contributed by atoms with Crippen LogP contribution in [-0.2, 0) is 20.4 Å². The van der Waals surface area contributed by atoms with Crippen molar-refractivity contribution in [3.05, 3.63) is 118 Å². The number of halogens is 1. The first-order valence-electron chi connectivity index (χ1n) is 11.2. The molecule has 0 aromatic heterocycles. The van der Waals surface area contributed by atoms with Crippen LogP contribution in [0.3, 0.4) is 0 Å². The summed E-state index contributed by atoms with van der Waals surface area (Å²) in [5.41, 5.74) is 9.29. The molecule has 2 aliphatic carbocycles. The predicted molar refractivity (Wildman–Crippen MR) is 135 cm³/mol. The molecule has 0 nitrogen and oxygen atoms in total. The third kappa shape index (κ3) is 5.89. The first-order valence-corrected chi connectivity index (χ1v) is 12.1. The Morgan fingerprint density at radius 2 is 1.06 bits per heavy atom. The topological polar surface area (TPSA) is 0 Å². The van der Waals surface area contributed by atoms with Crippen molar-refractivity contribution in [2.75, 3.05) is 0 Å². The van der Waals surface area contributed by atoms with Gasteiger partial charge in [0.05, 0.1) is 0 Å². The monoisotopic (exact) mass is 507 g/mol. The number of rotatable bonds is 8. The predicted octanol–water partition coefficient (Wildman–Crippen LogP) is 8.80. The first-order chi connectivity index (χ1) is 14.6. The third-order valence-corrected chi connectivity index (χ3v) is 7.71. The Hall–Kier alpha value is -1.41. The maximum absolute atomic E-state index is 2.44. The summed E-state index contributed by atoms with van der Waals surface area (Å²) in [7, 11) is 0. The number of hydrogen-bond acceptors (Lipinski definition) is 0.